The van der Waals surface area contributed by atoms with E-state index in [4.69, 9.17) is 5.73 Å². The summed E-state index contributed by atoms with van der Waals surface area (Å²) in [4.78, 5) is 37.7. The molecule has 1 saturated heterocycles. The molecule has 12 heteroatoms. The molecule has 34 heavy (non-hydrogen) atoms. The number of rotatable bonds is 4. The standard InChI is InChI=1S/C22H20F5N3O4/c23-15-6-13-17(7-18(15)29-5-1-2-11(9-29)16(24)8-28)30(12-3-4-12)10-14(19(13)31)20(32)34-21(33)22(25,26)27/h6-7,10,12H,1-5,8-9,28H2/b16-11+. The van der Waals surface area contributed by atoms with Gasteiger partial charge in [-0.3, -0.25) is 4.79 Å². The van der Waals surface area contributed by atoms with E-state index in [-0.39, 0.29) is 35.7 Å². The van der Waals surface area contributed by atoms with Crippen LogP contribution in [0.3, 0.4) is 0 Å². The molecule has 1 aromatic carbocycles. The summed E-state index contributed by atoms with van der Waals surface area (Å²) in [5.74, 6) is -5.80. The summed E-state index contributed by atoms with van der Waals surface area (Å²) >= 11 is 0. The normalized spacial score (nSPS) is 18.2. The average Bonchev–Trinajstić information content (AvgIpc) is 3.63. The molecule has 0 amide bonds. The Bertz CT molecular complexity index is 1260. The number of alkyl halides is 3. The number of nitrogens with two attached hydrogens (primary N) is 1. The zero-order valence-electron chi connectivity index (χ0n) is 17.8. The fourth-order valence-electron chi connectivity index (χ4n) is 4.04. The molecule has 0 radical (unpaired) electrons. The summed E-state index contributed by atoms with van der Waals surface area (Å²) < 4.78 is 71.8. The monoisotopic (exact) mass is 485 g/mol. The second kappa shape index (κ2) is 8.82. The van der Waals surface area contributed by atoms with Crippen molar-refractivity contribution in [2.75, 3.05) is 24.5 Å². The molecule has 182 valence electrons. The maximum atomic E-state index is 15.1. The third-order valence-electron chi connectivity index (χ3n) is 5.87. The van der Waals surface area contributed by atoms with E-state index in [9.17, 15) is 31.9 Å². The lowest BCUT2D eigenvalue weighted by molar-refractivity contribution is -0.193. The van der Waals surface area contributed by atoms with E-state index in [1.807, 2.05) is 0 Å². The molecule has 2 aliphatic rings. The molecule has 4 rings (SSSR count). The molecular weight excluding hydrogens is 465 g/mol. The van der Waals surface area contributed by atoms with E-state index in [0.717, 1.165) is 12.3 Å². The number of nitrogens with zero attached hydrogens (tertiary/aromatic N) is 2. The Morgan fingerprint density at radius 3 is 2.53 bits per heavy atom. The summed E-state index contributed by atoms with van der Waals surface area (Å²) in [5.41, 5.74) is 4.34. The van der Waals surface area contributed by atoms with Crippen LogP contribution >= 0.6 is 0 Å². The van der Waals surface area contributed by atoms with Crippen molar-refractivity contribution in [3.05, 3.63) is 51.3 Å². The van der Waals surface area contributed by atoms with Crippen LogP contribution in [-0.2, 0) is 9.53 Å². The SMILES string of the molecule is NC/C(F)=C1/CCCN(c2cc3c(cc2F)c(=O)c(C(=O)OC(=O)C(F)(F)F)cn3C2CC2)C1. The number of fused-ring (bicyclic) bond motifs is 1. The smallest absolute Gasteiger partial charge is 0.382 e. The topological polar surface area (TPSA) is 94.6 Å². The molecule has 1 saturated carbocycles. The zero-order valence-corrected chi connectivity index (χ0v) is 17.8. The van der Waals surface area contributed by atoms with Gasteiger partial charge >= 0.3 is 18.1 Å². The predicted molar refractivity (Wildman–Crippen MR) is 112 cm³/mol. The van der Waals surface area contributed by atoms with Gasteiger partial charge in [-0.1, -0.05) is 0 Å². The number of hydrogen-bond acceptors (Lipinski definition) is 6. The van der Waals surface area contributed by atoms with Gasteiger partial charge in [0.15, 0.2) is 0 Å². The van der Waals surface area contributed by atoms with E-state index in [0.29, 0.717) is 37.8 Å². The number of benzene rings is 1. The van der Waals surface area contributed by atoms with Gasteiger partial charge in [0.05, 0.1) is 11.2 Å². The highest BCUT2D eigenvalue weighted by Gasteiger charge is 2.43. The number of ether oxygens (including phenoxy) is 1. The number of halogens is 5. The number of hydrogen-bond donors (Lipinski definition) is 1. The van der Waals surface area contributed by atoms with Gasteiger partial charge in [0.2, 0.25) is 5.43 Å². The molecule has 2 fully saturated rings. The lowest BCUT2D eigenvalue weighted by atomic mass is 10.0. The van der Waals surface area contributed by atoms with Crippen molar-refractivity contribution < 1.29 is 36.3 Å². The minimum Gasteiger partial charge on any atom is -0.382 e. The largest absolute Gasteiger partial charge is 0.491 e. The minimum atomic E-state index is -5.42. The van der Waals surface area contributed by atoms with E-state index in [1.54, 1.807) is 4.90 Å². The third kappa shape index (κ3) is 4.54. The molecule has 0 spiro atoms. The molecular formula is C22H20F5N3O4. The lowest BCUT2D eigenvalue weighted by Crippen LogP contribution is -2.33. The van der Waals surface area contributed by atoms with E-state index >= 15 is 4.39 Å². The summed E-state index contributed by atoms with van der Waals surface area (Å²) in [6.07, 6.45) is -2.00. The van der Waals surface area contributed by atoms with Crippen molar-refractivity contribution in [3.8, 4) is 0 Å². The van der Waals surface area contributed by atoms with Crippen LogP contribution in [0.4, 0.5) is 27.6 Å². The molecule has 1 aromatic heterocycles. The Morgan fingerprint density at radius 1 is 1.21 bits per heavy atom. The first-order valence-corrected chi connectivity index (χ1v) is 10.5. The molecule has 2 aromatic rings. The maximum absolute atomic E-state index is 15.1. The second-order valence-corrected chi connectivity index (χ2v) is 8.24. The van der Waals surface area contributed by atoms with Crippen LogP contribution in [0.5, 0.6) is 0 Å². The van der Waals surface area contributed by atoms with Gasteiger partial charge in [-0.05, 0) is 43.4 Å². The van der Waals surface area contributed by atoms with Crippen molar-refractivity contribution >= 4 is 28.5 Å². The first-order valence-electron chi connectivity index (χ1n) is 10.5. The number of piperidine rings is 1. The summed E-state index contributed by atoms with van der Waals surface area (Å²) in [6, 6.07) is 2.13. The molecule has 0 atom stereocenters. The summed E-state index contributed by atoms with van der Waals surface area (Å²) in [6.45, 7) is 0.283. The predicted octanol–water partition coefficient (Wildman–Crippen LogP) is 3.50. The molecule has 7 nitrogen and oxygen atoms in total. The molecule has 1 aliphatic heterocycles. The molecule has 1 aliphatic carbocycles. The van der Waals surface area contributed by atoms with Crippen LogP contribution in [0.25, 0.3) is 10.9 Å². The number of esters is 2. The van der Waals surface area contributed by atoms with Gasteiger partial charge in [0.25, 0.3) is 0 Å². The lowest BCUT2D eigenvalue weighted by Gasteiger charge is -2.31. The van der Waals surface area contributed by atoms with E-state index < -0.39 is 40.8 Å². The first-order chi connectivity index (χ1) is 16.0. The molecule has 2 N–H and O–H groups in total. The van der Waals surface area contributed by atoms with E-state index in [1.165, 1.54) is 10.6 Å². The summed E-state index contributed by atoms with van der Waals surface area (Å²) in [5, 5.41) is -0.247. The quantitative estimate of drug-likeness (QED) is 0.405. The Kier molecular flexibility index (Phi) is 6.19. The first kappa shape index (κ1) is 23.9. The summed E-state index contributed by atoms with van der Waals surface area (Å²) in [7, 11) is 0. The fraction of sp³-hybridized carbons (Fsp3) is 0.409. The van der Waals surface area contributed by atoms with Crippen molar-refractivity contribution in [2.45, 2.75) is 37.9 Å². The number of carbonyl (C=O) groups excluding carboxylic acids is 2. The van der Waals surface area contributed by atoms with Crippen molar-refractivity contribution in [3.63, 3.8) is 0 Å². The highest BCUT2D eigenvalue weighted by molar-refractivity contribution is 6.00. The van der Waals surface area contributed by atoms with Crippen LogP contribution in [0, 0.1) is 5.82 Å². The fourth-order valence-corrected chi connectivity index (χ4v) is 4.04. The van der Waals surface area contributed by atoms with Gasteiger partial charge in [-0.15, -0.1) is 0 Å². The van der Waals surface area contributed by atoms with Crippen LogP contribution in [0.2, 0.25) is 0 Å². The number of carbonyl (C=O) groups is 2. The Balaban J connectivity index is 1.79. The van der Waals surface area contributed by atoms with Crippen LogP contribution < -0.4 is 16.1 Å². The highest BCUT2D eigenvalue weighted by atomic mass is 19.4. The maximum Gasteiger partial charge on any atom is 0.491 e. The van der Waals surface area contributed by atoms with Gasteiger partial charge < -0.3 is 19.9 Å². The van der Waals surface area contributed by atoms with Crippen molar-refractivity contribution in [1.82, 2.24) is 4.57 Å². The van der Waals surface area contributed by atoms with Crippen LogP contribution in [-0.4, -0.2) is 42.3 Å². The Labute approximate surface area is 189 Å². The van der Waals surface area contributed by atoms with Crippen LogP contribution in [0.15, 0.2) is 34.5 Å². The minimum absolute atomic E-state index is 0.114. The average molecular weight is 485 g/mol. The Morgan fingerprint density at radius 2 is 1.91 bits per heavy atom. The zero-order chi connectivity index (χ0) is 24.8. The van der Waals surface area contributed by atoms with Crippen molar-refractivity contribution in [2.24, 2.45) is 5.73 Å². The molecule has 2 heterocycles. The third-order valence-corrected chi connectivity index (χ3v) is 5.87. The highest BCUT2D eigenvalue weighted by Crippen LogP contribution is 2.38. The van der Waals surface area contributed by atoms with Gasteiger partial charge in [0.1, 0.15) is 17.2 Å². The van der Waals surface area contributed by atoms with Crippen LogP contribution in [0.1, 0.15) is 42.1 Å². The number of pyridine rings is 1. The molecule has 0 unspecified atom stereocenters. The van der Waals surface area contributed by atoms with Crippen molar-refractivity contribution in [1.29, 1.82) is 0 Å². The van der Waals surface area contributed by atoms with Gasteiger partial charge in [-0.2, -0.15) is 13.2 Å². The number of aromatic nitrogens is 1. The second-order valence-electron chi connectivity index (χ2n) is 8.24. The van der Waals surface area contributed by atoms with Gasteiger partial charge in [0, 0.05) is 37.3 Å². The Hall–Kier alpha value is -3.28. The van der Waals surface area contributed by atoms with E-state index in [2.05, 4.69) is 4.74 Å². The molecule has 0 bridgehead atoms. The number of anilines is 1. The van der Waals surface area contributed by atoms with Gasteiger partial charge in [-0.25, -0.2) is 18.4 Å².